The zero-order valence-corrected chi connectivity index (χ0v) is 12.1. The van der Waals surface area contributed by atoms with E-state index in [1.54, 1.807) is 6.33 Å². The summed E-state index contributed by atoms with van der Waals surface area (Å²) in [5.41, 5.74) is 1.07. The number of anilines is 1. The van der Waals surface area contributed by atoms with Gasteiger partial charge in [0, 0.05) is 12.1 Å². The third kappa shape index (κ3) is 2.43. The summed E-state index contributed by atoms with van der Waals surface area (Å²) >= 11 is 6.21. The van der Waals surface area contributed by atoms with Gasteiger partial charge in [-0.1, -0.05) is 31.4 Å². The van der Waals surface area contributed by atoms with Gasteiger partial charge in [-0.25, -0.2) is 9.97 Å². The van der Waals surface area contributed by atoms with Gasteiger partial charge in [-0.2, -0.15) is 0 Å². The molecule has 1 aliphatic carbocycles. The first-order valence-electron chi connectivity index (χ1n) is 7.19. The number of hydrogen-bond acceptors (Lipinski definition) is 4. The quantitative estimate of drug-likeness (QED) is 0.782. The first-order valence-corrected chi connectivity index (χ1v) is 7.56. The highest BCUT2D eigenvalue weighted by Gasteiger charge is 2.35. The molecule has 1 aromatic heterocycles. The Morgan fingerprint density at radius 1 is 1.37 bits per heavy atom. The van der Waals surface area contributed by atoms with Gasteiger partial charge < -0.3 is 9.64 Å². The first kappa shape index (κ1) is 13.1. The van der Waals surface area contributed by atoms with Gasteiger partial charge in [-0.05, 0) is 19.3 Å². The number of morpholine rings is 1. The molecule has 0 N–H and O–H groups in total. The monoisotopic (exact) mass is 281 g/mol. The maximum atomic E-state index is 6.21. The van der Waals surface area contributed by atoms with E-state index in [9.17, 15) is 0 Å². The fourth-order valence-electron chi connectivity index (χ4n) is 3.29. The molecule has 2 heterocycles. The molecule has 5 heteroatoms. The van der Waals surface area contributed by atoms with Crippen LogP contribution < -0.4 is 4.90 Å². The third-order valence-electron chi connectivity index (χ3n) is 4.23. The molecular weight excluding hydrogens is 262 g/mol. The van der Waals surface area contributed by atoms with Crippen molar-refractivity contribution in [1.82, 2.24) is 9.97 Å². The lowest BCUT2D eigenvalue weighted by Gasteiger charge is -2.44. The summed E-state index contributed by atoms with van der Waals surface area (Å²) in [5.74, 6) is 1.02. The molecule has 2 atom stereocenters. The number of ether oxygens (including phenoxy) is 1. The number of aromatic nitrogens is 2. The molecule has 2 aliphatic rings. The van der Waals surface area contributed by atoms with Crippen LogP contribution in [0.4, 0.5) is 5.82 Å². The molecule has 1 aliphatic heterocycles. The Labute approximate surface area is 119 Å². The van der Waals surface area contributed by atoms with Gasteiger partial charge in [0.2, 0.25) is 0 Å². The maximum absolute atomic E-state index is 6.21. The van der Waals surface area contributed by atoms with Crippen molar-refractivity contribution in [3.8, 4) is 0 Å². The predicted molar refractivity (Wildman–Crippen MR) is 75.8 cm³/mol. The van der Waals surface area contributed by atoms with E-state index >= 15 is 0 Å². The predicted octanol–water partition coefficient (Wildman–Crippen LogP) is 2.84. The van der Waals surface area contributed by atoms with Crippen molar-refractivity contribution in [2.75, 3.05) is 18.1 Å². The van der Waals surface area contributed by atoms with Gasteiger partial charge in [0.15, 0.2) is 0 Å². The summed E-state index contributed by atoms with van der Waals surface area (Å²) in [5, 5.41) is 0.589. The molecular formula is C14H20ClN3O. The average Bonchev–Trinajstić information content (AvgIpc) is 2.46. The number of rotatable bonds is 2. The molecule has 0 radical (unpaired) electrons. The molecule has 0 aromatic carbocycles. The Kier molecular flexibility index (Phi) is 3.89. The molecule has 2 fully saturated rings. The second kappa shape index (κ2) is 5.63. The van der Waals surface area contributed by atoms with Crippen LogP contribution >= 0.6 is 11.6 Å². The minimum absolute atomic E-state index is 0.362. The number of hydrogen-bond donors (Lipinski definition) is 0. The zero-order valence-electron chi connectivity index (χ0n) is 11.3. The lowest BCUT2D eigenvalue weighted by molar-refractivity contribution is -0.00905. The van der Waals surface area contributed by atoms with Crippen LogP contribution in [0.25, 0.3) is 0 Å². The SMILES string of the molecule is CCc1c(Cl)ncnc1N1CCOC2CCCCC21. The van der Waals surface area contributed by atoms with E-state index < -0.39 is 0 Å². The van der Waals surface area contributed by atoms with Crippen molar-refractivity contribution < 1.29 is 4.74 Å². The molecule has 1 saturated heterocycles. The van der Waals surface area contributed by atoms with Crippen LogP contribution in [0.5, 0.6) is 0 Å². The topological polar surface area (TPSA) is 38.2 Å². The van der Waals surface area contributed by atoms with E-state index in [1.165, 1.54) is 25.7 Å². The molecule has 1 aromatic rings. The fraction of sp³-hybridized carbons (Fsp3) is 0.714. The van der Waals surface area contributed by atoms with Crippen molar-refractivity contribution in [2.24, 2.45) is 0 Å². The zero-order chi connectivity index (χ0) is 13.2. The smallest absolute Gasteiger partial charge is 0.137 e. The lowest BCUT2D eigenvalue weighted by atomic mass is 9.90. The van der Waals surface area contributed by atoms with Crippen LogP contribution in [-0.2, 0) is 11.2 Å². The summed E-state index contributed by atoms with van der Waals surface area (Å²) in [6.07, 6.45) is 7.72. The summed E-state index contributed by atoms with van der Waals surface area (Å²) < 4.78 is 5.92. The van der Waals surface area contributed by atoms with Crippen LogP contribution in [0.15, 0.2) is 6.33 Å². The second-order valence-corrected chi connectivity index (χ2v) is 5.63. The Morgan fingerprint density at radius 2 is 2.21 bits per heavy atom. The van der Waals surface area contributed by atoms with Crippen molar-refractivity contribution in [3.05, 3.63) is 17.0 Å². The highest BCUT2D eigenvalue weighted by molar-refractivity contribution is 6.30. The minimum Gasteiger partial charge on any atom is -0.374 e. The molecule has 0 spiro atoms. The third-order valence-corrected chi connectivity index (χ3v) is 4.55. The summed E-state index contributed by atoms with van der Waals surface area (Å²) in [7, 11) is 0. The molecule has 19 heavy (non-hydrogen) atoms. The number of halogens is 1. The van der Waals surface area contributed by atoms with Gasteiger partial charge in [0.05, 0.1) is 18.8 Å². The van der Waals surface area contributed by atoms with Crippen LogP contribution in [0.1, 0.15) is 38.2 Å². The maximum Gasteiger partial charge on any atom is 0.137 e. The van der Waals surface area contributed by atoms with E-state index in [-0.39, 0.29) is 0 Å². The van der Waals surface area contributed by atoms with Gasteiger partial charge in [-0.3, -0.25) is 0 Å². The van der Waals surface area contributed by atoms with Gasteiger partial charge in [0.1, 0.15) is 17.3 Å². The molecule has 3 rings (SSSR count). The average molecular weight is 282 g/mol. The highest BCUT2D eigenvalue weighted by Crippen LogP contribution is 2.33. The van der Waals surface area contributed by atoms with Crippen molar-refractivity contribution >= 4 is 17.4 Å². The number of fused-ring (bicyclic) bond motifs is 1. The Bertz CT molecular complexity index is 452. The second-order valence-electron chi connectivity index (χ2n) is 5.27. The van der Waals surface area contributed by atoms with E-state index in [2.05, 4.69) is 21.8 Å². The molecule has 1 saturated carbocycles. The van der Waals surface area contributed by atoms with Crippen molar-refractivity contribution in [3.63, 3.8) is 0 Å². The van der Waals surface area contributed by atoms with Crippen LogP contribution in [0.3, 0.4) is 0 Å². The minimum atomic E-state index is 0.362. The van der Waals surface area contributed by atoms with Crippen LogP contribution in [-0.4, -0.2) is 35.3 Å². The molecule has 104 valence electrons. The van der Waals surface area contributed by atoms with E-state index in [4.69, 9.17) is 16.3 Å². The van der Waals surface area contributed by atoms with Crippen LogP contribution in [0, 0.1) is 0 Å². The van der Waals surface area contributed by atoms with Crippen LogP contribution in [0.2, 0.25) is 5.15 Å². The molecule has 2 unspecified atom stereocenters. The molecule has 0 amide bonds. The normalized spacial score (nSPS) is 27.2. The summed E-state index contributed by atoms with van der Waals surface area (Å²) in [6, 6.07) is 0.457. The largest absolute Gasteiger partial charge is 0.374 e. The standard InChI is InChI=1S/C14H20ClN3O/c1-2-10-13(15)16-9-17-14(10)18-7-8-19-12-6-4-3-5-11(12)18/h9,11-12H,2-8H2,1H3. The molecule has 4 nitrogen and oxygen atoms in total. The number of nitrogens with zero attached hydrogens (tertiary/aromatic N) is 3. The molecule has 0 bridgehead atoms. The highest BCUT2D eigenvalue weighted by atomic mass is 35.5. The van der Waals surface area contributed by atoms with Gasteiger partial charge >= 0.3 is 0 Å². The Morgan fingerprint density at radius 3 is 3.05 bits per heavy atom. The lowest BCUT2D eigenvalue weighted by Crippen LogP contribution is -2.53. The summed E-state index contributed by atoms with van der Waals surface area (Å²) in [6.45, 7) is 3.79. The Hall–Kier alpha value is -0.870. The van der Waals surface area contributed by atoms with Crippen molar-refractivity contribution in [1.29, 1.82) is 0 Å². The van der Waals surface area contributed by atoms with Gasteiger partial charge in [-0.15, -0.1) is 0 Å². The van der Waals surface area contributed by atoms with E-state index in [0.29, 0.717) is 17.3 Å². The van der Waals surface area contributed by atoms with E-state index in [0.717, 1.165) is 31.0 Å². The Balaban J connectivity index is 1.94. The van der Waals surface area contributed by atoms with Gasteiger partial charge in [0.25, 0.3) is 0 Å². The fourth-order valence-corrected chi connectivity index (χ4v) is 3.56. The van der Waals surface area contributed by atoms with Crippen molar-refractivity contribution in [2.45, 2.75) is 51.2 Å². The first-order chi connectivity index (χ1) is 9.31. The summed E-state index contributed by atoms with van der Waals surface area (Å²) in [4.78, 5) is 11.0. The van der Waals surface area contributed by atoms with E-state index in [1.807, 2.05) is 0 Å².